The number of ether oxygens (including phenoxy) is 1. The normalized spacial score (nSPS) is 13.7. The van der Waals surface area contributed by atoms with E-state index in [0.29, 0.717) is 19.3 Å². The Labute approximate surface area is 122 Å². The molecule has 1 atom stereocenters. The molecule has 0 aliphatic rings. The minimum absolute atomic E-state index is 0.0565. The second kappa shape index (κ2) is 7.79. The van der Waals surface area contributed by atoms with Gasteiger partial charge in [-0.05, 0) is 19.3 Å². The molecule has 21 heavy (non-hydrogen) atoms. The number of halogens is 3. The van der Waals surface area contributed by atoms with Crippen LogP contribution in [0.4, 0.5) is 13.2 Å². The van der Waals surface area contributed by atoms with Crippen molar-refractivity contribution in [3.8, 4) is 0 Å². The quantitative estimate of drug-likeness (QED) is 0.751. The minimum Gasteiger partial charge on any atom is -0.388 e. The van der Waals surface area contributed by atoms with Crippen LogP contribution in [0.15, 0.2) is 0 Å². The van der Waals surface area contributed by atoms with Crippen LogP contribution in [0, 0.1) is 0 Å². The van der Waals surface area contributed by atoms with Gasteiger partial charge in [-0.25, -0.2) is 0 Å². The zero-order valence-corrected chi connectivity index (χ0v) is 12.7. The van der Waals surface area contributed by atoms with Crippen molar-refractivity contribution in [3.63, 3.8) is 0 Å². The summed E-state index contributed by atoms with van der Waals surface area (Å²) in [6, 6.07) is 0. The van der Waals surface area contributed by atoms with E-state index in [1.807, 2.05) is 20.8 Å². The van der Waals surface area contributed by atoms with E-state index in [0.717, 1.165) is 17.0 Å². The Morgan fingerprint density at radius 1 is 1.24 bits per heavy atom. The Morgan fingerprint density at radius 3 is 2.38 bits per heavy atom. The van der Waals surface area contributed by atoms with Gasteiger partial charge in [0.15, 0.2) is 0 Å². The van der Waals surface area contributed by atoms with Crippen molar-refractivity contribution in [3.05, 3.63) is 17.0 Å². The second-order valence-electron chi connectivity index (χ2n) is 4.83. The van der Waals surface area contributed by atoms with Crippen molar-refractivity contribution in [1.29, 1.82) is 0 Å². The van der Waals surface area contributed by atoms with Gasteiger partial charge in [-0.1, -0.05) is 20.8 Å². The molecule has 0 saturated heterocycles. The lowest BCUT2D eigenvalue weighted by Crippen LogP contribution is -2.20. The SMILES string of the molecule is CCc1nn(CCOCC(F)(F)F)c(CC)c1C(O)CC. The number of hydrogen-bond acceptors (Lipinski definition) is 3. The molecule has 4 nitrogen and oxygen atoms in total. The highest BCUT2D eigenvalue weighted by atomic mass is 19.4. The van der Waals surface area contributed by atoms with E-state index in [-0.39, 0.29) is 13.2 Å². The van der Waals surface area contributed by atoms with Gasteiger partial charge < -0.3 is 9.84 Å². The van der Waals surface area contributed by atoms with Gasteiger partial charge in [0, 0.05) is 11.3 Å². The summed E-state index contributed by atoms with van der Waals surface area (Å²) in [4.78, 5) is 0. The van der Waals surface area contributed by atoms with Crippen molar-refractivity contribution in [2.75, 3.05) is 13.2 Å². The van der Waals surface area contributed by atoms with Crippen LogP contribution in [0.2, 0.25) is 0 Å². The highest BCUT2D eigenvalue weighted by Crippen LogP contribution is 2.26. The fourth-order valence-corrected chi connectivity index (χ4v) is 2.31. The van der Waals surface area contributed by atoms with E-state index in [9.17, 15) is 18.3 Å². The number of aliphatic hydroxyl groups is 1. The fourth-order valence-electron chi connectivity index (χ4n) is 2.31. The van der Waals surface area contributed by atoms with Crippen LogP contribution in [0.3, 0.4) is 0 Å². The molecule has 1 aromatic rings. The molecule has 0 spiro atoms. The van der Waals surface area contributed by atoms with Gasteiger partial charge in [-0.2, -0.15) is 18.3 Å². The Hall–Kier alpha value is -1.08. The van der Waals surface area contributed by atoms with Crippen LogP contribution < -0.4 is 0 Å². The van der Waals surface area contributed by atoms with Crippen molar-refractivity contribution in [2.24, 2.45) is 0 Å². The van der Waals surface area contributed by atoms with Gasteiger partial charge in [-0.15, -0.1) is 0 Å². The third-order valence-corrected chi connectivity index (χ3v) is 3.28. The number of alkyl halides is 3. The number of aliphatic hydroxyl groups excluding tert-OH is 1. The van der Waals surface area contributed by atoms with Crippen molar-refractivity contribution in [2.45, 2.75) is 58.9 Å². The van der Waals surface area contributed by atoms with Gasteiger partial charge in [0.25, 0.3) is 0 Å². The third kappa shape index (κ3) is 5.00. The number of aromatic nitrogens is 2. The first-order valence-corrected chi connectivity index (χ1v) is 7.24. The molecule has 1 rings (SSSR count). The molecule has 0 fully saturated rings. The molecular weight excluding hydrogens is 285 g/mol. The average molecular weight is 308 g/mol. The molecule has 122 valence electrons. The summed E-state index contributed by atoms with van der Waals surface area (Å²) in [5.74, 6) is 0. The smallest absolute Gasteiger partial charge is 0.388 e. The third-order valence-electron chi connectivity index (χ3n) is 3.28. The van der Waals surface area contributed by atoms with Crippen molar-refractivity contribution in [1.82, 2.24) is 9.78 Å². The van der Waals surface area contributed by atoms with E-state index in [2.05, 4.69) is 9.84 Å². The zero-order chi connectivity index (χ0) is 16.0. The first-order valence-electron chi connectivity index (χ1n) is 7.24. The maximum atomic E-state index is 12.0. The summed E-state index contributed by atoms with van der Waals surface area (Å²) in [6.07, 6.45) is -2.97. The first-order chi connectivity index (χ1) is 9.84. The van der Waals surface area contributed by atoms with Gasteiger partial charge in [0.1, 0.15) is 6.61 Å². The summed E-state index contributed by atoms with van der Waals surface area (Å²) >= 11 is 0. The second-order valence-corrected chi connectivity index (χ2v) is 4.83. The van der Waals surface area contributed by atoms with E-state index in [4.69, 9.17) is 0 Å². The monoisotopic (exact) mass is 308 g/mol. The molecule has 7 heteroatoms. The Morgan fingerprint density at radius 2 is 1.90 bits per heavy atom. The standard InChI is InChI=1S/C14H23F3N2O2/c1-4-10-13(12(20)6-3)11(5-2)19(18-10)7-8-21-9-14(15,16)17/h12,20H,4-9H2,1-3H3. The molecule has 1 N–H and O–H groups in total. The largest absolute Gasteiger partial charge is 0.411 e. The number of nitrogens with zero attached hydrogens (tertiary/aromatic N) is 2. The predicted molar refractivity (Wildman–Crippen MR) is 73.1 cm³/mol. The lowest BCUT2D eigenvalue weighted by molar-refractivity contribution is -0.174. The van der Waals surface area contributed by atoms with Crippen LogP contribution in [-0.4, -0.2) is 34.3 Å². The van der Waals surface area contributed by atoms with Gasteiger partial charge in [0.05, 0.1) is 24.9 Å². The Balaban J connectivity index is 2.80. The highest BCUT2D eigenvalue weighted by molar-refractivity contribution is 5.29. The van der Waals surface area contributed by atoms with Crippen LogP contribution in [0.5, 0.6) is 0 Å². The lowest BCUT2D eigenvalue weighted by atomic mass is 10.0. The van der Waals surface area contributed by atoms with Crippen molar-refractivity contribution < 1.29 is 23.0 Å². The average Bonchev–Trinajstić information content (AvgIpc) is 2.79. The number of hydrogen-bond donors (Lipinski definition) is 1. The maximum absolute atomic E-state index is 12.0. The molecule has 0 saturated carbocycles. The summed E-state index contributed by atoms with van der Waals surface area (Å²) in [5, 5.41) is 14.5. The Kier molecular flexibility index (Phi) is 6.67. The van der Waals surface area contributed by atoms with Gasteiger partial charge in [-0.3, -0.25) is 4.68 Å². The van der Waals surface area contributed by atoms with Gasteiger partial charge >= 0.3 is 6.18 Å². The number of rotatable bonds is 8. The van der Waals surface area contributed by atoms with Crippen LogP contribution in [-0.2, 0) is 24.1 Å². The summed E-state index contributed by atoms with van der Waals surface area (Å²) < 4.78 is 42.3. The van der Waals surface area contributed by atoms with Crippen LogP contribution in [0.25, 0.3) is 0 Å². The van der Waals surface area contributed by atoms with E-state index in [1.165, 1.54) is 0 Å². The molecule has 0 aliphatic carbocycles. The molecule has 0 radical (unpaired) electrons. The van der Waals surface area contributed by atoms with Gasteiger partial charge in [0.2, 0.25) is 0 Å². The molecule has 0 amide bonds. The fraction of sp³-hybridized carbons (Fsp3) is 0.786. The topological polar surface area (TPSA) is 47.3 Å². The molecule has 0 aromatic carbocycles. The number of aryl methyl sites for hydroxylation is 1. The first kappa shape index (κ1) is 18.0. The zero-order valence-electron chi connectivity index (χ0n) is 12.7. The summed E-state index contributed by atoms with van der Waals surface area (Å²) in [5.41, 5.74) is 2.49. The Bertz CT molecular complexity index is 444. The van der Waals surface area contributed by atoms with E-state index in [1.54, 1.807) is 4.68 Å². The lowest BCUT2D eigenvalue weighted by Gasteiger charge is -2.12. The van der Waals surface area contributed by atoms with Crippen molar-refractivity contribution >= 4 is 0 Å². The summed E-state index contributed by atoms with van der Waals surface area (Å²) in [7, 11) is 0. The molecule has 0 bridgehead atoms. The van der Waals surface area contributed by atoms with Crippen LogP contribution in [0.1, 0.15) is 50.2 Å². The van der Waals surface area contributed by atoms with E-state index >= 15 is 0 Å². The molecular formula is C14H23F3N2O2. The highest BCUT2D eigenvalue weighted by Gasteiger charge is 2.27. The predicted octanol–water partition coefficient (Wildman–Crippen LogP) is 3.03. The molecule has 1 aromatic heterocycles. The molecule has 0 aliphatic heterocycles. The van der Waals surface area contributed by atoms with Crippen LogP contribution >= 0.6 is 0 Å². The summed E-state index contributed by atoms with van der Waals surface area (Å²) in [6.45, 7) is 4.71. The minimum atomic E-state index is -4.31. The molecule has 1 unspecified atom stereocenters. The van der Waals surface area contributed by atoms with E-state index < -0.39 is 18.9 Å². The molecule has 1 heterocycles. The maximum Gasteiger partial charge on any atom is 0.411 e.